The smallest absolute Gasteiger partial charge is 0.255 e. The van der Waals surface area contributed by atoms with E-state index in [1.54, 1.807) is 19.2 Å². The van der Waals surface area contributed by atoms with Crippen molar-refractivity contribution >= 4 is 23.4 Å². The summed E-state index contributed by atoms with van der Waals surface area (Å²) in [4.78, 5) is 32.5. The number of piperidine rings is 1. The first-order valence-corrected chi connectivity index (χ1v) is 9.13. The minimum absolute atomic E-state index is 0.0390. The lowest BCUT2D eigenvalue weighted by Crippen LogP contribution is -2.47. The highest BCUT2D eigenvalue weighted by atomic mass is 35.5. The molecule has 1 spiro atoms. The number of hydrogen-bond donors (Lipinski definition) is 0. The second-order valence-corrected chi connectivity index (χ2v) is 7.78. The number of pyridine rings is 1. The molecule has 0 unspecified atom stereocenters. The molecule has 1 aromatic heterocycles. The lowest BCUT2D eigenvalue weighted by molar-refractivity contribution is -0.130. The Balaban J connectivity index is 1.49. The van der Waals surface area contributed by atoms with Crippen LogP contribution >= 0.6 is 11.6 Å². The number of rotatable bonds is 1. The largest absolute Gasteiger partial charge is 0.379 e. The first-order chi connectivity index (χ1) is 12.0. The van der Waals surface area contributed by atoms with E-state index >= 15 is 0 Å². The van der Waals surface area contributed by atoms with Gasteiger partial charge in [-0.15, -0.1) is 0 Å². The molecule has 0 saturated carbocycles. The summed E-state index contributed by atoms with van der Waals surface area (Å²) in [5, 5.41) is 0.390. The molecule has 3 saturated heterocycles. The fraction of sp³-hybridized carbons (Fsp3) is 0.611. The number of carbonyl (C=O) groups is 2. The molecule has 4 rings (SSSR count). The summed E-state index contributed by atoms with van der Waals surface area (Å²) in [6.07, 6.45) is 4.89. The molecule has 3 fully saturated rings. The standard InChI is InChI=1S/C18H22ClN3O3/c1-12(23)22-11-18(14-9-25-10-16(14)22)3-6-21(7-4-18)17(24)13-2-5-20-8-15(13)19/h2,5,8,14,16H,3-4,6-7,9-11H2,1H3/t14-,16+/m1/s1. The molecule has 0 N–H and O–H groups in total. The number of halogens is 1. The first kappa shape index (κ1) is 16.8. The third kappa shape index (κ3) is 2.72. The van der Waals surface area contributed by atoms with E-state index in [-0.39, 0.29) is 23.3 Å². The van der Waals surface area contributed by atoms with Gasteiger partial charge >= 0.3 is 0 Å². The molecule has 2 amide bonds. The Morgan fingerprint density at radius 3 is 2.76 bits per heavy atom. The van der Waals surface area contributed by atoms with E-state index in [4.69, 9.17) is 16.3 Å². The SMILES string of the molecule is CC(=O)N1CC2(CCN(C(=O)c3ccncc3Cl)CC2)[C@@H]2COC[C@@H]21. The molecule has 134 valence electrons. The summed E-state index contributed by atoms with van der Waals surface area (Å²) in [6.45, 7) is 5.16. The number of likely N-dealkylation sites (tertiary alicyclic amines) is 2. The van der Waals surface area contributed by atoms with Crippen LogP contribution in [-0.4, -0.2) is 65.5 Å². The van der Waals surface area contributed by atoms with Crippen LogP contribution in [0.1, 0.15) is 30.1 Å². The van der Waals surface area contributed by atoms with E-state index < -0.39 is 0 Å². The topological polar surface area (TPSA) is 62.7 Å². The number of carbonyl (C=O) groups excluding carboxylic acids is 2. The summed E-state index contributed by atoms with van der Waals surface area (Å²) in [7, 11) is 0. The van der Waals surface area contributed by atoms with Crippen molar-refractivity contribution in [3.63, 3.8) is 0 Å². The summed E-state index contributed by atoms with van der Waals surface area (Å²) >= 11 is 6.12. The molecule has 0 aromatic carbocycles. The Morgan fingerprint density at radius 2 is 2.08 bits per heavy atom. The number of ether oxygens (including phenoxy) is 1. The predicted octanol–water partition coefficient (Wildman–Crippen LogP) is 1.83. The van der Waals surface area contributed by atoms with Gasteiger partial charge in [-0.25, -0.2) is 0 Å². The van der Waals surface area contributed by atoms with E-state index in [9.17, 15) is 9.59 Å². The molecule has 4 heterocycles. The Kier molecular flexibility index (Phi) is 4.20. The van der Waals surface area contributed by atoms with Crippen molar-refractivity contribution in [2.45, 2.75) is 25.8 Å². The van der Waals surface area contributed by atoms with Crippen LogP contribution in [0.15, 0.2) is 18.5 Å². The second-order valence-electron chi connectivity index (χ2n) is 7.37. The van der Waals surface area contributed by atoms with Gasteiger partial charge in [-0.3, -0.25) is 14.6 Å². The van der Waals surface area contributed by atoms with E-state index in [1.165, 1.54) is 6.20 Å². The Labute approximate surface area is 152 Å². The molecular weight excluding hydrogens is 342 g/mol. The van der Waals surface area contributed by atoms with Crippen molar-refractivity contribution in [2.24, 2.45) is 11.3 Å². The van der Waals surface area contributed by atoms with Gasteiger partial charge in [-0.2, -0.15) is 0 Å². The van der Waals surface area contributed by atoms with Crippen LogP contribution in [0.25, 0.3) is 0 Å². The normalized spacial score (nSPS) is 27.6. The Bertz CT molecular complexity index is 703. The lowest BCUT2D eigenvalue weighted by Gasteiger charge is -2.42. The van der Waals surface area contributed by atoms with Crippen LogP contribution in [0.4, 0.5) is 0 Å². The first-order valence-electron chi connectivity index (χ1n) is 8.75. The molecule has 3 aliphatic rings. The van der Waals surface area contributed by atoms with Crippen LogP contribution < -0.4 is 0 Å². The summed E-state index contributed by atoms with van der Waals surface area (Å²) in [5.41, 5.74) is 0.581. The molecule has 0 radical (unpaired) electrons. The summed E-state index contributed by atoms with van der Waals surface area (Å²) in [6, 6.07) is 1.87. The minimum atomic E-state index is -0.0390. The predicted molar refractivity (Wildman–Crippen MR) is 92.3 cm³/mol. The van der Waals surface area contributed by atoms with Crippen molar-refractivity contribution in [1.82, 2.24) is 14.8 Å². The second kappa shape index (κ2) is 6.25. The highest BCUT2D eigenvalue weighted by Crippen LogP contribution is 2.50. The number of amides is 2. The summed E-state index contributed by atoms with van der Waals surface area (Å²) < 4.78 is 5.68. The van der Waals surface area contributed by atoms with Gasteiger partial charge in [0.1, 0.15) is 0 Å². The maximum Gasteiger partial charge on any atom is 0.255 e. The Hall–Kier alpha value is -1.66. The van der Waals surface area contributed by atoms with E-state index in [0.717, 1.165) is 26.0 Å². The maximum absolute atomic E-state index is 12.7. The van der Waals surface area contributed by atoms with Gasteiger partial charge in [-0.05, 0) is 24.3 Å². The van der Waals surface area contributed by atoms with Crippen molar-refractivity contribution < 1.29 is 14.3 Å². The monoisotopic (exact) mass is 363 g/mol. The lowest BCUT2D eigenvalue weighted by atomic mass is 9.70. The maximum atomic E-state index is 12.7. The quantitative estimate of drug-likeness (QED) is 0.763. The number of fused-ring (bicyclic) bond motifs is 2. The van der Waals surface area contributed by atoms with Crippen molar-refractivity contribution in [3.05, 3.63) is 29.0 Å². The van der Waals surface area contributed by atoms with Gasteiger partial charge in [0, 0.05) is 44.9 Å². The van der Waals surface area contributed by atoms with Crippen molar-refractivity contribution in [3.8, 4) is 0 Å². The number of nitrogens with zero attached hydrogens (tertiary/aromatic N) is 3. The van der Waals surface area contributed by atoms with Gasteiger partial charge in [-0.1, -0.05) is 11.6 Å². The number of aromatic nitrogens is 1. The van der Waals surface area contributed by atoms with E-state index in [1.807, 2.05) is 9.80 Å². The van der Waals surface area contributed by atoms with Crippen LogP contribution in [0.5, 0.6) is 0 Å². The van der Waals surface area contributed by atoms with Crippen molar-refractivity contribution in [2.75, 3.05) is 32.8 Å². The number of hydrogen-bond acceptors (Lipinski definition) is 4. The van der Waals surface area contributed by atoms with Gasteiger partial charge in [0.15, 0.2) is 0 Å². The van der Waals surface area contributed by atoms with Crippen LogP contribution in [-0.2, 0) is 9.53 Å². The molecule has 3 aliphatic heterocycles. The van der Waals surface area contributed by atoms with Gasteiger partial charge in [0.05, 0.1) is 29.8 Å². The van der Waals surface area contributed by atoms with Crippen LogP contribution in [0, 0.1) is 11.3 Å². The fourth-order valence-electron chi connectivity index (χ4n) is 4.76. The molecule has 6 nitrogen and oxygen atoms in total. The zero-order chi connectivity index (χ0) is 17.6. The average Bonchev–Trinajstić information content (AvgIpc) is 3.19. The highest BCUT2D eigenvalue weighted by molar-refractivity contribution is 6.33. The molecule has 1 aromatic rings. The molecule has 2 atom stereocenters. The molecular formula is C18H22ClN3O3. The molecule has 25 heavy (non-hydrogen) atoms. The third-order valence-corrected chi connectivity index (χ3v) is 6.48. The van der Waals surface area contributed by atoms with Gasteiger partial charge in [0.25, 0.3) is 5.91 Å². The Morgan fingerprint density at radius 1 is 1.32 bits per heavy atom. The van der Waals surface area contributed by atoms with Crippen LogP contribution in [0.2, 0.25) is 5.02 Å². The van der Waals surface area contributed by atoms with Gasteiger partial charge < -0.3 is 14.5 Å². The van der Waals surface area contributed by atoms with E-state index in [2.05, 4.69) is 4.98 Å². The van der Waals surface area contributed by atoms with Crippen molar-refractivity contribution in [1.29, 1.82) is 0 Å². The zero-order valence-corrected chi connectivity index (χ0v) is 15.0. The average molecular weight is 364 g/mol. The highest BCUT2D eigenvalue weighted by Gasteiger charge is 2.56. The molecule has 0 bridgehead atoms. The zero-order valence-electron chi connectivity index (χ0n) is 14.3. The van der Waals surface area contributed by atoms with E-state index in [0.29, 0.717) is 36.2 Å². The molecule has 0 aliphatic carbocycles. The third-order valence-electron chi connectivity index (χ3n) is 6.18. The summed E-state index contributed by atoms with van der Waals surface area (Å²) in [5.74, 6) is 0.473. The van der Waals surface area contributed by atoms with Gasteiger partial charge in [0.2, 0.25) is 5.91 Å². The van der Waals surface area contributed by atoms with Crippen LogP contribution in [0.3, 0.4) is 0 Å². The minimum Gasteiger partial charge on any atom is -0.379 e. The molecule has 7 heteroatoms. The fourth-order valence-corrected chi connectivity index (χ4v) is 4.96.